The van der Waals surface area contributed by atoms with Crippen LogP contribution in [0.1, 0.15) is 0 Å². The Morgan fingerprint density at radius 3 is 2.43 bits per heavy atom. The van der Waals surface area contributed by atoms with Crippen LogP contribution in [0.2, 0.25) is 0 Å². The fourth-order valence-corrected chi connectivity index (χ4v) is 0.0428. The SMILES string of the molecule is CN(N=N)C(=O)O. The molecule has 5 heteroatoms. The van der Waals surface area contributed by atoms with Gasteiger partial charge in [-0.25, -0.2) is 4.79 Å². The molecule has 0 saturated heterocycles. The average Bonchev–Trinajstić information content (AvgIpc) is 1.65. The van der Waals surface area contributed by atoms with Crippen LogP contribution in [0.25, 0.3) is 0 Å². The Hall–Kier alpha value is -1.13. The number of carboxylic acid groups (broad SMARTS) is 1. The number of rotatable bonds is 1. The third kappa shape index (κ3) is 1.69. The zero-order chi connectivity index (χ0) is 5.86. The van der Waals surface area contributed by atoms with Crippen LogP contribution in [-0.2, 0) is 0 Å². The third-order valence-corrected chi connectivity index (χ3v) is 0.427. The first-order valence-corrected chi connectivity index (χ1v) is 1.52. The summed E-state index contributed by atoms with van der Waals surface area (Å²) in [5.74, 6) is 0. The Bertz CT molecular complexity index is 90.9. The molecule has 0 saturated carbocycles. The van der Waals surface area contributed by atoms with Gasteiger partial charge in [0.15, 0.2) is 0 Å². The lowest BCUT2D eigenvalue weighted by molar-refractivity contribution is 0.153. The van der Waals surface area contributed by atoms with Crippen molar-refractivity contribution in [2.75, 3.05) is 7.05 Å². The molecule has 0 atom stereocenters. The number of nitrogens with one attached hydrogen (secondary N) is 1. The first-order chi connectivity index (χ1) is 3.18. The Morgan fingerprint density at radius 1 is 2.00 bits per heavy atom. The first-order valence-electron chi connectivity index (χ1n) is 1.52. The lowest BCUT2D eigenvalue weighted by Crippen LogP contribution is -2.16. The van der Waals surface area contributed by atoms with E-state index in [1.165, 1.54) is 7.05 Å². The van der Waals surface area contributed by atoms with Gasteiger partial charge >= 0.3 is 6.09 Å². The number of hydrogen-bond acceptors (Lipinski definition) is 3. The topological polar surface area (TPSA) is 76.8 Å². The van der Waals surface area contributed by atoms with E-state index in [0.717, 1.165) is 0 Å². The van der Waals surface area contributed by atoms with Gasteiger partial charge in [0, 0.05) is 7.05 Å². The van der Waals surface area contributed by atoms with Crippen molar-refractivity contribution in [2.45, 2.75) is 0 Å². The second-order valence-corrected chi connectivity index (χ2v) is 0.906. The minimum absolute atomic E-state index is 0.500. The molecule has 0 aromatic heterocycles. The summed E-state index contributed by atoms with van der Waals surface area (Å²) >= 11 is 0. The van der Waals surface area contributed by atoms with Crippen LogP contribution in [-0.4, -0.2) is 23.3 Å². The molecule has 0 aliphatic rings. The fraction of sp³-hybridized carbons (Fsp3) is 0.500. The van der Waals surface area contributed by atoms with E-state index < -0.39 is 6.09 Å². The summed E-state index contributed by atoms with van der Waals surface area (Å²) in [6, 6.07) is 0. The van der Waals surface area contributed by atoms with Crippen molar-refractivity contribution in [3.63, 3.8) is 0 Å². The fourth-order valence-electron chi connectivity index (χ4n) is 0.0428. The van der Waals surface area contributed by atoms with Crippen LogP contribution in [0.3, 0.4) is 0 Å². The van der Waals surface area contributed by atoms with Gasteiger partial charge in [0.05, 0.1) is 0 Å². The second-order valence-electron chi connectivity index (χ2n) is 0.906. The van der Waals surface area contributed by atoms with Crippen molar-refractivity contribution in [3.8, 4) is 0 Å². The first kappa shape index (κ1) is 5.87. The molecule has 0 aromatic carbocycles. The molecule has 0 aliphatic carbocycles. The van der Waals surface area contributed by atoms with Gasteiger partial charge in [-0.3, -0.25) is 0 Å². The second kappa shape index (κ2) is 2.12. The van der Waals surface area contributed by atoms with Gasteiger partial charge in [-0.15, -0.1) is 0 Å². The molecule has 0 aromatic rings. The zero-order valence-electron chi connectivity index (χ0n) is 3.75. The van der Waals surface area contributed by atoms with E-state index in [0.29, 0.717) is 5.01 Å². The molecule has 7 heavy (non-hydrogen) atoms. The van der Waals surface area contributed by atoms with Crippen molar-refractivity contribution in [2.24, 2.45) is 5.22 Å². The maximum atomic E-state index is 9.64. The van der Waals surface area contributed by atoms with Crippen LogP contribution < -0.4 is 0 Å². The predicted molar refractivity (Wildman–Crippen MR) is 20.9 cm³/mol. The van der Waals surface area contributed by atoms with Crippen LogP contribution in [0.15, 0.2) is 5.22 Å². The summed E-state index contributed by atoms with van der Waals surface area (Å²) < 4.78 is 0. The van der Waals surface area contributed by atoms with Gasteiger partial charge in [-0.1, -0.05) is 5.22 Å². The molecule has 1 amide bonds. The quantitative estimate of drug-likeness (QED) is 0.375. The van der Waals surface area contributed by atoms with Crippen molar-refractivity contribution in [1.29, 1.82) is 5.53 Å². The molecule has 0 unspecified atom stereocenters. The minimum Gasteiger partial charge on any atom is -0.464 e. The lowest BCUT2D eigenvalue weighted by atomic mass is 11.1. The summed E-state index contributed by atoms with van der Waals surface area (Å²) in [4.78, 5) is 9.64. The summed E-state index contributed by atoms with van der Waals surface area (Å²) in [6.07, 6.45) is -1.23. The van der Waals surface area contributed by atoms with E-state index in [1.54, 1.807) is 0 Å². The number of hydrogen-bond donors (Lipinski definition) is 2. The molecule has 0 bridgehead atoms. The number of amides is 1. The van der Waals surface area contributed by atoms with Crippen LogP contribution in [0.4, 0.5) is 4.79 Å². The Balaban J connectivity index is 3.55. The highest BCUT2D eigenvalue weighted by molar-refractivity contribution is 5.63. The van der Waals surface area contributed by atoms with Crippen molar-refractivity contribution < 1.29 is 9.90 Å². The monoisotopic (exact) mass is 103 g/mol. The molecular formula is C2H5N3O2. The smallest absolute Gasteiger partial charge is 0.429 e. The molecular weight excluding hydrogens is 98.0 g/mol. The van der Waals surface area contributed by atoms with E-state index in [4.69, 9.17) is 10.6 Å². The van der Waals surface area contributed by atoms with Crippen molar-refractivity contribution in [1.82, 2.24) is 5.01 Å². The van der Waals surface area contributed by atoms with E-state index in [2.05, 4.69) is 5.22 Å². The van der Waals surface area contributed by atoms with E-state index in [-0.39, 0.29) is 0 Å². The van der Waals surface area contributed by atoms with E-state index >= 15 is 0 Å². The lowest BCUT2D eigenvalue weighted by Gasteiger charge is -1.98. The summed E-state index contributed by atoms with van der Waals surface area (Å²) in [5, 5.41) is 11.0. The van der Waals surface area contributed by atoms with Crippen LogP contribution >= 0.6 is 0 Å². The minimum atomic E-state index is -1.23. The van der Waals surface area contributed by atoms with Gasteiger partial charge in [-0.2, -0.15) is 10.5 Å². The summed E-state index contributed by atoms with van der Waals surface area (Å²) in [5.41, 5.74) is 6.11. The molecule has 0 aliphatic heterocycles. The average molecular weight is 103 g/mol. The van der Waals surface area contributed by atoms with Crippen LogP contribution in [0, 0.1) is 5.53 Å². The summed E-state index contributed by atoms with van der Waals surface area (Å²) in [7, 11) is 1.18. The molecule has 2 N–H and O–H groups in total. The Kier molecular flexibility index (Phi) is 1.78. The van der Waals surface area contributed by atoms with Gasteiger partial charge in [0.25, 0.3) is 0 Å². The Morgan fingerprint density at radius 2 is 2.43 bits per heavy atom. The highest BCUT2D eigenvalue weighted by Gasteiger charge is 1.98. The van der Waals surface area contributed by atoms with Crippen molar-refractivity contribution >= 4 is 6.09 Å². The number of nitrogens with zero attached hydrogens (tertiary/aromatic N) is 2. The van der Waals surface area contributed by atoms with E-state index in [1.807, 2.05) is 0 Å². The predicted octanol–water partition coefficient (Wildman–Crippen LogP) is 0.542. The van der Waals surface area contributed by atoms with Crippen molar-refractivity contribution in [3.05, 3.63) is 0 Å². The van der Waals surface area contributed by atoms with E-state index in [9.17, 15) is 4.79 Å². The number of carbonyl (C=O) groups is 1. The van der Waals surface area contributed by atoms with Gasteiger partial charge in [0.1, 0.15) is 0 Å². The van der Waals surface area contributed by atoms with Crippen LogP contribution in [0.5, 0.6) is 0 Å². The van der Waals surface area contributed by atoms with Gasteiger partial charge < -0.3 is 5.11 Å². The third-order valence-electron chi connectivity index (χ3n) is 0.427. The van der Waals surface area contributed by atoms with Gasteiger partial charge in [-0.05, 0) is 0 Å². The standard InChI is InChI=1S/C2H5N3O2/c1-5(4-3)2(6)7/h3H,1H3,(H,6,7). The molecule has 0 spiro atoms. The molecule has 0 heterocycles. The highest BCUT2D eigenvalue weighted by atomic mass is 16.4. The summed E-state index contributed by atoms with van der Waals surface area (Å²) in [6.45, 7) is 0. The molecule has 0 rings (SSSR count). The highest BCUT2D eigenvalue weighted by Crippen LogP contribution is 1.79. The molecule has 0 radical (unpaired) electrons. The molecule has 5 nitrogen and oxygen atoms in total. The Labute approximate surface area is 40.0 Å². The largest absolute Gasteiger partial charge is 0.464 e. The molecule has 0 fully saturated rings. The van der Waals surface area contributed by atoms with Gasteiger partial charge in [0.2, 0.25) is 0 Å². The normalized spacial score (nSPS) is 7.57. The zero-order valence-corrected chi connectivity index (χ0v) is 3.75. The molecule has 40 valence electrons. The maximum absolute atomic E-state index is 9.64. The maximum Gasteiger partial charge on any atom is 0.429 e.